The molecule has 1 rings (SSSR count). The molecule has 100 valence electrons. The third kappa shape index (κ3) is 5.56. The fourth-order valence-electron chi connectivity index (χ4n) is 1.67. The second-order valence-electron chi connectivity index (χ2n) is 3.96. The van der Waals surface area contributed by atoms with Crippen LogP contribution in [-0.2, 0) is 4.79 Å². The minimum atomic E-state index is 0.0400. The van der Waals surface area contributed by atoms with Crippen molar-refractivity contribution < 1.29 is 9.90 Å². The summed E-state index contributed by atoms with van der Waals surface area (Å²) in [5.74, 6) is 1.09. The van der Waals surface area contributed by atoms with Crippen molar-refractivity contribution in [2.24, 2.45) is 0 Å². The number of carbonyl (C=O) groups excluding carboxylic acids is 1. The van der Waals surface area contributed by atoms with E-state index in [1.54, 1.807) is 16.7 Å². The Bertz CT molecular complexity index is 343. The molecular weight excluding hydrogens is 246 g/mol. The van der Waals surface area contributed by atoms with Gasteiger partial charge in [-0.25, -0.2) is 0 Å². The quantitative estimate of drug-likeness (QED) is 0.581. The van der Waals surface area contributed by atoms with Crippen LogP contribution in [0.3, 0.4) is 0 Å². The van der Waals surface area contributed by atoms with Crippen molar-refractivity contribution in [1.29, 1.82) is 0 Å². The highest BCUT2D eigenvalue weighted by Gasteiger charge is 2.09. The molecule has 0 radical (unpaired) electrons. The summed E-state index contributed by atoms with van der Waals surface area (Å²) in [4.78, 5) is 14.7. The van der Waals surface area contributed by atoms with Crippen molar-refractivity contribution in [3.63, 3.8) is 0 Å². The zero-order valence-corrected chi connectivity index (χ0v) is 11.7. The lowest BCUT2D eigenvalue weighted by atomic mass is 10.3. The number of hydrogen-bond acceptors (Lipinski definition) is 3. The number of nitrogens with zero attached hydrogens (tertiary/aromatic N) is 1. The monoisotopic (exact) mass is 267 g/mol. The average molecular weight is 267 g/mol. The molecule has 0 saturated heterocycles. The van der Waals surface area contributed by atoms with Crippen molar-refractivity contribution in [3.05, 3.63) is 30.3 Å². The van der Waals surface area contributed by atoms with Gasteiger partial charge >= 0.3 is 0 Å². The largest absolute Gasteiger partial charge is 0.395 e. The molecule has 1 aromatic rings. The maximum absolute atomic E-state index is 11.8. The highest BCUT2D eigenvalue weighted by atomic mass is 32.2. The molecule has 0 aromatic heterocycles. The molecule has 0 fully saturated rings. The van der Waals surface area contributed by atoms with Crippen LogP contribution in [0.4, 0.5) is 0 Å². The minimum Gasteiger partial charge on any atom is -0.395 e. The van der Waals surface area contributed by atoms with Crippen molar-refractivity contribution in [1.82, 2.24) is 4.90 Å². The van der Waals surface area contributed by atoms with Gasteiger partial charge < -0.3 is 10.0 Å². The highest BCUT2D eigenvalue weighted by Crippen LogP contribution is 2.18. The minimum absolute atomic E-state index is 0.0400. The molecule has 18 heavy (non-hydrogen) atoms. The lowest BCUT2D eigenvalue weighted by molar-refractivity contribution is -0.131. The van der Waals surface area contributed by atoms with Gasteiger partial charge in [0, 0.05) is 24.4 Å². The predicted octanol–water partition coefficient (Wildman–Crippen LogP) is 2.40. The molecule has 0 heterocycles. The smallest absolute Gasteiger partial charge is 0.222 e. The first kappa shape index (κ1) is 15.1. The Morgan fingerprint density at radius 2 is 2.06 bits per heavy atom. The van der Waals surface area contributed by atoms with E-state index in [1.165, 1.54) is 4.90 Å². The van der Waals surface area contributed by atoms with Crippen LogP contribution < -0.4 is 0 Å². The molecule has 0 spiro atoms. The van der Waals surface area contributed by atoms with Crippen LogP contribution in [0.15, 0.2) is 35.2 Å². The number of hydrogen-bond donors (Lipinski definition) is 1. The predicted molar refractivity (Wildman–Crippen MR) is 75.7 cm³/mol. The van der Waals surface area contributed by atoms with Gasteiger partial charge in [0.05, 0.1) is 6.61 Å². The van der Waals surface area contributed by atoms with Gasteiger partial charge in [-0.05, 0) is 31.2 Å². The van der Waals surface area contributed by atoms with E-state index in [4.69, 9.17) is 5.11 Å². The third-order valence-electron chi connectivity index (χ3n) is 2.65. The summed E-state index contributed by atoms with van der Waals surface area (Å²) in [6.45, 7) is 3.09. The number of rotatable bonds is 8. The van der Waals surface area contributed by atoms with Gasteiger partial charge in [-0.2, -0.15) is 0 Å². The third-order valence-corrected chi connectivity index (χ3v) is 3.75. The Balaban J connectivity index is 2.19. The molecule has 0 atom stereocenters. The summed E-state index contributed by atoms with van der Waals surface area (Å²) in [7, 11) is 0. The van der Waals surface area contributed by atoms with Crippen LogP contribution in [0, 0.1) is 0 Å². The first-order chi connectivity index (χ1) is 8.77. The lowest BCUT2D eigenvalue weighted by Crippen LogP contribution is -2.33. The molecule has 0 bridgehead atoms. The van der Waals surface area contributed by atoms with Gasteiger partial charge in [0.15, 0.2) is 0 Å². The van der Waals surface area contributed by atoms with Crippen molar-refractivity contribution in [3.8, 4) is 0 Å². The van der Waals surface area contributed by atoms with Crippen LogP contribution in [0.1, 0.15) is 19.8 Å². The molecule has 1 amide bonds. The van der Waals surface area contributed by atoms with E-state index in [1.807, 2.05) is 25.1 Å². The van der Waals surface area contributed by atoms with Gasteiger partial charge in [0.2, 0.25) is 5.91 Å². The molecule has 0 aliphatic rings. The summed E-state index contributed by atoms with van der Waals surface area (Å²) in [6, 6.07) is 10.2. The van der Waals surface area contributed by atoms with Gasteiger partial charge in [-0.1, -0.05) is 18.2 Å². The fraction of sp³-hybridized carbons (Fsp3) is 0.500. The molecule has 0 unspecified atom stereocenters. The Kier molecular flexibility index (Phi) is 7.53. The Labute approximate surface area is 113 Å². The Morgan fingerprint density at radius 3 is 2.67 bits per heavy atom. The van der Waals surface area contributed by atoms with Gasteiger partial charge in [0.1, 0.15) is 0 Å². The number of aliphatic hydroxyl groups is 1. The Hall–Kier alpha value is -1.00. The zero-order chi connectivity index (χ0) is 13.2. The van der Waals surface area contributed by atoms with E-state index in [2.05, 4.69) is 12.1 Å². The van der Waals surface area contributed by atoms with Crippen LogP contribution in [0.25, 0.3) is 0 Å². The standard InChI is InChI=1S/C14H21NO2S/c1-2-15(10-11-16)14(17)9-6-12-18-13-7-4-3-5-8-13/h3-5,7-8,16H,2,6,9-12H2,1H3. The summed E-state index contributed by atoms with van der Waals surface area (Å²) < 4.78 is 0. The van der Waals surface area contributed by atoms with Crippen LogP contribution >= 0.6 is 11.8 Å². The van der Waals surface area contributed by atoms with E-state index in [0.717, 1.165) is 12.2 Å². The number of benzene rings is 1. The number of carbonyl (C=O) groups is 1. The van der Waals surface area contributed by atoms with Crippen molar-refractivity contribution in [2.75, 3.05) is 25.4 Å². The fourth-order valence-corrected chi connectivity index (χ4v) is 2.54. The topological polar surface area (TPSA) is 40.5 Å². The van der Waals surface area contributed by atoms with Crippen molar-refractivity contribution >= 4 is 17.7 Å². The first-order valence-electron chi connectivity index (χ1n) is 6.34. The normalized spacial score (nSPS) is 10.3. The van der Waals surface area contributed by atoms with Crippen LogP contribution in [0.5, 0.6) is 0 Å². The van der Waals surface area contributed by atoms with Gasteiger partial charge in [-0.15, -0.1) is 11.8 Å². The van der Waals surface area contributed by atoms with Crippen LogP contribution in [0.2, 0.25) is 0 Å². The van der Waals surface area contributed by atoms with E-state index in [-0.39, 0.29) is 12.5 Å². The number of amides is 1. The molecule has 0 saturated carbocycles. The summed E-state index contributed by atoms with van der Waals surface area (Å²) in [5.41, 5.74) is 0. The van der Waals surface area contributed by atoms with Crippen LogP contribution in [-0.4, -0.2) is 41.4 Å². The zero-order valence-electron chi connectivity index (χ0n) is 10.8. The van der Waals surface area contributed by atoms with Crippen molar-refractivity contribution in [2.45, 2.75) is 24.7 Å². The molecule has 0 aliphatic heterocycles. The lowest BCUT2D eigenvalue weighted by Gasteiger charge is -2.19. The van der Waals surface area contributed by atoms with E-state index in [9.17, 15) is 4.79 Å². The van der Waals surface area contributed by atoms with Gasteiger partial charge in [-0.3, -0.25) is 4.79 Å². The summed E-state index contributed by atoms with van der Waals surface area (Å²) in [6.07, 6.45) is 1.44. The van der Waals surface area contributed by atoms with E-state index >= 15 is 0 Å². The molecule has 1 N–H and O–H groups in total. The molecule has 3 nitrogen and oxygen atoms in total. The first-order valence-corrected chi connectivity index (χ1v) is 7.33. The second-order valence-corrected chi connectivity index (χ2v) is 5.13. The maximum Gasteiger partial charge on any atom is 0.222 e. The summed E-state index contributed by atoms with van der Waals surface area (Å²) >= 11 is 1.77. The Morgan fingerprint density at radius 1 is 1.33 bits per heavy atom. The van der Waals surface area contributed by atoms with E-state index < -0.39 is 0 Å². The molecule has 1 aromatic carbocycles. The van der Waals surface area contributed by atoms with Gasteiger partial charge in [0.25, 0.3) is 0 Å². The SMILES string of the molecule is CCN(CCO)C(=O)CCCSc1ccccc1. The number of thioether (sulfide) groups is 1. The molecule has 4 heteroatoms. The second kappa shape index (κ2) is 9.00. The number of aliphatic hydroxyl groups excluding tert-OH is 1. The molecule has 0 aliphatic carbocycles. The number of likely N-dealkylation sites (N-methyl/N-ethyl adjacent to an activating group) is 1. The summed E-state index contributed by atoms with van der Waals surface area (Å²) in [5, 5.41) is 8.84. The molecular formula is C14H21NO2S. The average Bonchev–Trinajstić information content (AvgIpc) is 2.42. The maximum atomic E-state index is 11.8. The van der Waals surface area contributed by atoms with E-state index in [0.29, 0.717) is 19.5 Å². The highest BCUT2D eigenvalue weighted by molar-refractivity contribution is 7.99.